The van der Waals surface area contributed by atoms with Crippen LogP contribution in [0.2, 0.25) is 0 Å². The Morgan fingerprint density at radius 3 is 2.07 bits per heavy atom. The van der Waals surface area contributed by atoms with Gasteiger partial charge in [-0.2, -0.15) is 0 Å². The van der Waals surface area contributed by atoms with Crippen LogP contribution in [0.1, 0.15) is 16.7 Å². The molecule has 0 saturated carbocycles. The molecule has 0 aliphatic carbocycles. The molecule has 0 aliphatic heterocycles. The minimum absolute atomic E-state index is 0.966. The molecule has 3 heterocycles. The lowest BCUT2D eigenvalue weighted by atomic mass is 9.96. The van der Waals surface area contributed by atoms with Crippen molar-refractivity contribution in [2.24, 2.45) is 0 Å². The van der Waals surface area contributed by atoms with Crippen LogP contribution in [0, 0.1) is 20.8 Å². The fourth-order valence-corrected chi connectivity index (χ4v) is 3.95. The average Bonchev–Trinajstić information content (AvgIpc) is 2.68. The van der Waals surface area contributed by atoms with Crippen LogP contribution in [0.5, 0.6) is 0 Å². The highest BCUT2D eigenvalue weighted by Crippen LogP contribution is 2.31. The van der Waals surface area contributed by atoms with Crippen molar-refractivity contribution < 1.29 is 0 Å². The first-order valence-electron chi connectivity index (χ1n) is 9.13. The first-order chi connectivity index (χ1) is 13.5. The lowest BCUT2D eigenvalue weighted by Gasteiger charge is -2.12. The largest absolute Gasteiger partial charge is 0.264 e. The second-order valence-electron chi connectivity index (χ2n) is 6.98. The Balaban J connectivity index is 1.71. The topological polar surface area (TPSA) is 38.7 Å². The summed E-state index contributed by atoms with van der Waals surface area (Å²) in [6.45, 7) is 6.30. The van der Waals surface area contributed by atoms with Gasteiger partial charge in [0.25, 0.3) is 0 Å². The molecule has 3 nitrogen and oxygen atoms in total. The van der Waals surface area contributed by atoms with E-state index in [9.17, 15) is 0 Å². The second-order valence-corrected chi connectivity index (χ2v) is 7.90. The van der Waals surface area contributed by atoms with Gasteiger partial charge in [-0.05, 0) is 83.2 Å². The van der Waals surface area contributed by atoms with Gasteiger partial charge in [-0.25, -0.2) is 0 Å². The third-order valence-electron chi connectivity index (χ3n) is 4.87. The van der Waals surface area contributed by atoms with Crippen molar-refractivity contribution in [3.63, 3.8) is 0 Å². The van der Waals surface area contributed by atoms with E-state index in [0.717, 1.165) is 43.7 Å². The number of halogens is 1. The molecule has 4 rings (SSSR count). The Kier molecular flexibility index (Phi) is 5.05. The monoisotopic (exact) mass is 429 g/mol. The highest BCUT2D eigenvalue weighted by atomic mass is 79.9. The van der Waals surface area contributed by atoms with Gasteiger partial charge in [0.2, 0.25) is 0 Å². The number of aryl methyl sites for hydroxylation is 3. The van der Waals surface area contributed by atoms with Crippen LogP contribution in [-0.2, 0) is 0 Å². The van der Waals surface area contributed by atoms with Gasteiger partial charge < -0.3 is 0 Å². The number of rotatable bonds is 3. The molecule has 0 N–H and O–H groups in total. The fourth-order valence-electron chi connectivity index (χ4n) is 3.51. The van der Waals surface area contributed by atoms with Gasteiger partial charge in [0.05, 0.1) is 11.4 Å². The van der Waals surface area contributed by atoms with E-state index >= 15 is 0 Å². The molecule has 0 aliphatic rings. The molecule has 1 aromatic carbocycles. The van der Waals surface area contributed by atoms with Crippen molar-refractivity contribution in [2.75, 3.05) is 0 Å². The van der Waals surface area contributed by atoms with Gasteiger partial charge in [-0.15, -0.1) is 0 Å². The zero-order valence-corrected chi connectivity index (χ0v) is 17.7. The molecule has 138 valence electrons. The summed E-state index contributed by atoms with van der Waals surface area (Å²) >= 11 is 3.47. The summed E-state index contributed by atoms with van der Waals surface area (Å²) in [5.74, 6) is 0. The predicted octanol–water partition coefficient (Wildman–Crippen LogP) is 6.56. The number of aromatic nitrogens is 3. The van der Waals surface area contributed by atoms with E-state index < -0.39 is 0 Å². The maximum Gasteiger partial charge on any atom is 0.0747 e. The van der Waals surface area contributed by atoms with Crippen LogP contribution < -0.4 is 0 Å². The van der Waals surface area contributed by atoms with E-state index in [1.807, 2.05) is 24.7 Å². The molecular weight excluding hydrogens is 410 g/mol. The van der Waals surface area contributed by atoms with Crippen LogP contribution in [-0.4, -0.2) is 15.0 Å². The first-order valence-corrected chi connectivity index (χ1v) is 9.93. The molecule has 4 aromatic rings. The Morgan fingerprint density at radius 2 is 1.39 bits per heavy atom. The van der Waals surface area contributed by atoms with Crippen LogP contribution in [0.3, 0.4) is 0 Å². The SMILES string of the molecule is Cc1cc(-c2ncc(-c3ncc(Br)cc3C)cc2C)ccc1-c1cccnc1. The van der Waals surface area contributed by atoms with E-state index in [1.54, 1.807) is 6.20 Å². The summed E-state index contributed by atoms with van der Waals surface area (Å²) < 4.78 is 0.985. The zero-order valence-electron chi connectivity index (χ0n) is 16.1. The third kappa shape index (κ3) is 3.60. The molecule has 0 spiro atoms. The molecule has 28 heavy (non-hydrogen) atoms. The lowest BCUT2D eigenvalue weighted by molar-refractivity contribution is 1.21. The van der Waals surface area contributed by atoms with Gasteiger partial charge in [0.1, 0.15) is 0 Å². The highest BCUT2D eigenvalue weighted by Gasteiger charge is 2.11. The molecule has 0 saturated heterocycles. The van der Waals surface area contributed by atoms with Crippen molar-refractivity contribution in [3.05, 3.63) is 88.4 Å². The molecular formula is C24H20BrN3. The number of hydrogen-bond donors (Lipinski definition) is 0. The van der Waals surface area contributed by atoms with E-state index in [1.165, 1.54) is 11.1 Å². The Morgan fingerprint density at radius 1 is 0.679 bits per heavy atom. The minimum atomic E-state index is 0.966. The number of benzene rings is 1. The Bertz CT molecular complexity index is 1150. The van der Waals surface area contributed by atoms with Crippen molar-refractivity contribution in [1.29, 1.82) is 0 Å². The summed E-state index contributed by atoms with van der Waals surface area (Å²) in [5, 5.41) is 0. The predicted molar refractivity (Wildman–Crippen MR) is 118 cm³/mol. The van der Waals surface area contributed by atoms with E-state index in [-0.39, 0.29) is 0 Å². The smallest absolute Gasteiger partial charge is 0.0747 e. The fraction of sp³-hybridized carbons (Fsp3) is 0.125. The van der Waals surface area contributed by atoms with E-state index in [4.69, 9.17) is 4.98 Å². The minimum Gasteiger partial charge on any atom is -0.264 e. The molecule has 0 unspecified atom stereocenters. The van der Waals surface area contributed by atoms with Crippen LogP contribution in [0.4, 0.5) is 0 Å². The van der Waals surface area contributed by atoms with E-state index in [2.05, 4.69) is 83.1 Å². The number of hydrogen-bond acceptors (Lipinski definition) is 3. The van der Waals surface area contributed by atoms with Crippen molar-refractivity contribution in [3.8, 4) is 33.6 Å². The normalized spacial score (nSPS) is 10.9. The molecule has 0 atom stereocenters. The van der Waals surface area contributed by atoms with Crippen molar-refractivity contribution in [1.82, 2.24) is 15.0 Å². The summed E-state index contributed by atoms with van der Waals surface area (Å²) in [7, 11) is 0. The highest BCUT2D eigenvalue weighted by molar-refractivity contribution is 9.10. The molecule has 0 bridgehead atoms. The Hall–Kier alpha value is -2.85. The summed E-state index contributed by atoms with van der Waals surface area (Å²) in [5.41, 5.74) is 9.91. The van der Waals surface area contributed by atoms with Crippen LogP contribution in [0.15, 0.2) is 71.7 Å². The summed E-state index contributed by atoms with van der Waals surface area (Å²) in [4.78, 5) is 13.6. The molecule has 0 radical (unpaired) electrons. The standard InChI is InChI=1S/C24H20BrN3/c1-15-9-18(6-7-22(15)19-5-4-8-26-12-19)23-16(2)10-20(13-27-23)24-17(3)11-21(25)14-28-24/h4-14H,1-3H3. The molecule has 0 amide bonds. The van der Waals surface area contributed by atoms with Gasteiger partial charge in [0, 0.05) is 46.0 Å². The Labute approximate surface area is 173 Å². The van der Waals surface area contributed by atoms with Gasteiger partial charge in [0.15, 0.2) is 0 Å². The zero-order chi connectivity index (χ0) is 19.7. The maximum atomic E-state index is 4.77. The second kappa shape index (κ2) is 7.64. The quantitative estimate of drug-likeness (QED) is 0.370. The van der Waals surface area contributed by atoms with Gasteiger partial charge in [-0.1, -0.05) is 18.2 Å². The first kappa shape index (κ1) is 18.5. The number of nitrogens with zero attached hydrogens (tertiary/aromatic N) is 3. The van der Waals surface area contributed by atoms with Gasteiger partial charge >= 0.3 is 0 Å². The molecule has 3 aromatic heterocycles. The number of pyridine rings is 3. The maximum absolute atomic E-state index is 4.77. The van der Waals surface area contributed by atoms with E-state index in [0.29, 0.717) is 0 Å². The van der Waals surface area contributed by atoms with Gasteiger partial charge in [-0.3, -0.25) is 15.0 Å². The summed E-state index contributed by atoms with van der Waals surface area (Å²) in [6.07, 6.45) is 7.43. The summed E-state index contributed by atoms with van der Waals surface area (Å²) in [6, 6.07) is 14.8. The molecule has 0 fully saturated rings. The van der Waals surface area contributed by atoms with Crippen molar-refractivity contribution in [2.45, 2.75) is 20.8 Å². The molecule has 4 heteroatoms. The average molecular weight is 430 g/mol. The van der Waals surface area contributed by atoms with Crippen LogP contribution >= 0.6 is 15.9 Å². The van der Waals surface area contributed by atoms with Crippen LogP contribution in [0.25, 0.3) is 33.6 Å². The lowest BCUT2D eigenvalue weighted by Crippen LogP contribution is -1.94. The third-order valence-corrected chi connectivity index (χ3v) is 5.30. The van der Waals surface area contributed by atoms with Crippen molar-refractivity contribution >= 4 is 15.9 Å².